The van der Waals surface area contributed by atoms with E-state index in [0.29, 0.717) is 5.46 Å². The summed E-state index contributed by atoms with van der Waals surface area (Å²) in [5.41, 5.74) is -0.770. The van der Waals surface area contributed by atoms with Gasteiger partial charge in [-0.1, -0.05) is 0 Å². The molecule has 0 unspecified atom stereocenters. The molecule has 1 aliphatic rings. The van der Waals surface area contributed by atoms with Crippen molar-refractivity contribution in [2.75, 3.05) is 14.2 Å². The lowest BCUT2D eigenvalue weighted by atomic mass is 9.77. The zero-order valence-corrected chi connectivity index (χ0v) is 13.7. The molecular formula is C15H20BFO5. The van der Waals surface area contributed by atoms with Gasteiger partial charge in [-0.05, 0) is 39.8 Å². The molecule has 0 bridgehead atoms. The topological polar surface area (TPSA) is 54.0 Å². The Balaban J connectivity index is 2.50. The van der Waals surface area contributed by atoms with Crippen LogP contribution in [0.3, 0.4) is 0 Å². The molecule has 2 rings (SSSR count). The summed E-state index contributed by atoms with van der Waals surface area (Å²) in [4.78, 5) is 11.7. The second kappa shape index (κ2) is 5.55. The molecule has 5 nitrogen and oxygen atoms in total. The van der Waals surface area contributed by atoms with Crippen molar-refractivity contribution in [2.24, 2.45) is 0 Å². The van der Waals surface area contributed by atoms with Crippen LogP contribution in [0.15, 0.2) is 12.1 Å². The molecule has 0 aromatic heterocycles. The van der Waals surface area contributed by atoms with Gasteiger partial charge in [0, 0.05) is 5.46 Å². The molecule has 22 heavy (non-hydrogen) atoms. The van der Waals surface area contributed by atoms with Crippen molar-refractivity contribution in [1.82, 2.24) is 0 Å². The molecule has 7 heteroatoms. The molecule has 1 aliphatic heterocycles. The normalized spacial score (nSPS) is 19.1. The monoisotopic (exact) mass is 310 g/mol. The van der Waals surface area contributed by atoms with Gasteiger partial charge in [0.05, 0.1) is 31.0 Å². The number of methoxy groups -OCH3 is 2. The summed E-state index contributed by atoms with van der Waals surface area (Å²) in [5.74, 6) is -1.32. The molecule has 0 atom stereocenters. The Morgan fingerprint density at radius 1 is 1.14 bits per heavy atom. The van der Waals surface area contributed by atoms with E-state index in [1.54, 1.807) is 0 Å². The highest BCUT2D eigenvalue weighted by atomic mass is 19.1. The van der Waals surface area contributed by atoms with Gasteiger partial charge in [-0.25, -0.2) is 9.18 Å². The van der Waals surface area contributed by atoms with Gasteiger partial charge in [0.1, 0.15) is 0 Å². The van der Waals surface area contributed by atoms with Crippen LogP contribution in [-0.2, 0) is 14.0 Å². The van der Waals surface area contributed by atoms with E-state index in [2.05, 4.69) is 4.74 Å². The van der Waals surface area contributed by atoms with Crippen molar-refractivity contribution < 1.29 is 28.0 Å². The highest BCUT2D eigenvalue weighted by Gasteiger charge is 2.52. The summed E-state index contributed by atoms with van der Waals surface area (Å²) < 4.78 is 35.7. The van der Waals surface area contributed by atoms with Crippen molar-refractivity contribution in [3.05, 3.63) is 23.5 Å². The molecule has 1 aromatic rings. The molecule has 0 aliphatic carbocycles. The number of rotatable bonds is 3. The smallest absolute Gasteiger partial charge is 0.494 e. The molecule has 1 aromatic carbocycles. The first kappa shape index (κ1) is 16.8. The average Bonchev–Trinajstić information content (AvgIpc) is 2.65. The highest BCUT2D eigenvalue weighted by molar-refractivity contribution is 6.63. The van der Waals surface area contributed by atoms with Crippen molar-refractivity contribution in [3.63, 3.8) is 0 Å². The molecule has 1 heterocycles. The molecule has 1 saturated heterocycles. The van der Waals surface area contributed by atoms with Crippen LogP contribution in [0.5, 0.6) is 5.75 Å². The Hall–Kier alpha value is -1.60. The van der Waals surface area contributed by atoms with Crippen LogP contribution in [0, 0.1) is 5.82 Å². The lowest BCUT2D eigenvalue weighted by Gasteiger charge is -2.32. The zero-order valence-electron chi connectivity index (χ0n) is 13.7. The predicted octanol–water partition coefficient (Wildman–Crippen LogP) is 1.92. The number of hydrogen-bond donors (Lipinski definition) is 0. The Bertz CT molecular complexity index is 584. The first-order valence-electron chi connectivity index (χ1n) is 6.94. The third-order valence-corrected chi connectivity index (χ3v) is 4.20. The minimum Gasteiger partial charge on any atom is -0.494 e. The van der Waals surface area contributed by atoms with Crippen LogP contribution >= 0.6 is 0 Å². The van der Waals surface area contributed by atoms with E-state index >= 15 is 0 Å². The Kier molecular flexibility index (Phi) is 4.23. The summed E-state index contributed by atoms with van der Waals surface area (Å²) in [6.45, 7) is 7.56. The quantitative estimate of drug-likeness (QED) is 0.631. The number of carbonyl (C=O) groups excluding carboxylic acids is 1. The molecule has 0 N–H and O–H groups in total. The van der Waals surface area contributed by atoms with Gasteiger partial charge in [0.25, 0.3) is 0 Å². The lowest BCUT2D eigenvalue weighted by Crippen LogP contribution is -2.41. The molecule has 0 saturated carbocycles. The van der Waals surface area contributed by atoms with E-state index in [-0.39, 0.29) is 11.3 Å². The van der Waals surface area contributed by atoms with Crippen LogP contribution in [0.4, 0.5) is 4.39 Å². The third-order valence-electron chi connectivity index (χ3n) is 4.20. The van der Waals surface area contributed by atoms with Gasteiger partial charge in [-0.2, -0.15) is 0 Å². The number of carbonyl (C=O) groups is 1. The maximum absolute atomic E-state index is 14.2. The van der Waals surface area contributed by atoms with Crippen molar-refractivity contribution in [2.45, 2.75) is 38.9 Å². The Morgan fingerprint density at radius 3 is 2.14 bits per heavy atom. The molecule has 0 spiro atoms. The summed E-state index contributed by atoms with van der Waals surface area (Å²) in [6, 6.07) is 2.54. The van der Waals surface area contributed by atoms with E-state index in [1.165, 1.54) is 20.3 Å². The first-order chi connectivity index (χ1) is 10.1. The maximum atomic E-state index is 14.2. The zero-order chi connectivity index (χ0) is 16.7. The average molecular weight is 310 g/mol. The number of ether oxygens (including phenoxy) is 2. The number of esters is 1. The fourth-order valence-corrected chi connectivity index (χ4v) is 2.21. The highest BCUT2D eigenvalue weighted by Crippen LogP contribution is 2.37. The minimum absolute atomic E-state index is 0.00819. The van der Waals surface area contributed by atoms with E-state index in [1.807, 2.05) is 27.7 Å². The fraction of sp³-hybridized carbons (Fsp3) is 0.533. The van der Waals surface area contributed by atoms with Gasteiger partial charge in [0.2, 0.25) is 0 Å². The van der Waals surface area contributed by atoms with Gasteiger partial charge in [0.15, 0.2) is 11.6 Å². The van der Waals surface area contributed by atoms with Crippen LogP contribution in [0.2, 0.25) is 0 Å². The fourth-order valence-electron chi connectivity index (χ4n) is 2.21. The second-order valence-electron chi connectivity index (χ2n) is 6.16. The van der Waals surface area contributed by atoms with Crippen LogP contribution in [0.25, 0.3) is 0 Å². The molecule has 0 radical (unpaired) electrons. The van der Waals surface area contributed by atoms with Gasteiger partial charge < -0.3 is 18.8 Å². The number of halogens is 1. The molecule has 1 fully saturated rings. The second-order valence-corrected chi connectivity index (χ2v) is 6.16. The summed E-state index contributed by atoms with van der Waals surface area (Å²) >= 11 is 0. The molecule has 0 amide bonds. The van der Waals surface area contributed by atoms with Gasteiger partial charge >= 0.3 is 13.1 Å². The third kappa shape index (κ3) is 2.70. The van der Waals surface area contributed by atoms with E-state index < -0.39 is 30.1 Å². The van der Waals surface area contributed by atoms with Crippen LogP contribution in [0.1, 0.15) is 38.1 Å². The molecule has 120 valence electrons. The summed E-state index contributed by atoms with van der Waals surface area (Å²) in [7, 11) is 1.75. The Morgan fingerprint density at radius 2 is 1.68 bits per heavy atom. The lowest BCUT2D eigenvalue weighted by molar-refractivity contribution is 0.00578. The SMILES string of the molecule is COC(=O)c1cc(F)c(OC)c(B2OC(C)(C)C(C)(C)O2)c1. The largest absolute Gasteiger partial charge is 0.498 e. The maximum Gasteiger partial charge on any atom is 0.498 e. The summed E-state index contributed by atoms with van der Waals surface area (Å²) in [5, 5.41) is 0. The first-order valence-corrected chi connectivity index (χ1v) is 6.94. The van der Waals surface area contributed by atoms with Crippen LogP contribution in [-0.4, -0.2) is 38.5 Å². The number of benzene rings is 1. The van der Waals surface area contributed by atoms with Crippen LogP contribution < -0.4 is 10.2 Å². The molecular weight excluding hydrogens is 290 g/mol. The summed E-state index contributed by atoms with van der Waals surface area (Å²) in [6.07, 6.45) is 0. The van der Waals surface area contributed by atoms with E-state index in [0.717, 1.165) is 6.07 Å². The van der Waals surface area contributed by atoms with E-state index in [4.69, 9.17) is 14.0 Å². The standard InChI is InChI=1S/C15H20BFO5/c1-14(2)15(3,4)22-16(21-14)10-7-9(13(18)20-6)8-11(17)12(10)19-5/h7-8H,1-6H3. The van der Waals surface area contributed by atoms with Crippen molar-refractivity contribution in [3.8, 4) is 5.75 Å². The minimum atomic E-state index is -0.834. The predicted molar refractivity (Wildman–Crippen MR) is 80.0 cm³/mol. The van der Waals surface area contributed by atoms with Gasteiger partial charge in [-0.15, -0.1) is 0 Å². The van der Waals surface area contributed by atoms with Crippen molar-refractivity contribution >= 4 is 18.6 Å². The Labute approximate surface area is 129 Å². The number of hydrogen-bond acceptors (Lipinski definition) is 5. The van der Waals surface area contributed by atoms with Gasteiger partial charge in [-0.3, -0.25) is 0 Å². The van der Waals surface area contributed by atoms with E-state index in [9.17, 15) is 9.18 Å². The van der Waals surface area contributed by atoms with Crippen molar-refractivity contribution in [1.29, 1.82) is 0 Å².